The van der Waals surface area contributed by atoms with E-state index < -0.39 is 21.2 Å². The van der Waals surface area contributed by atoms with Gasteiger partial charge < -0.3 is 4.55 Å². The minimum atomic E-state index is -3.76. The molecule has 1 aliphatic rings. The highest BCUT2D eigenvalue weighted by Gasteiger charge is 2.31. The normalized spacial score (nSPS) is 20.1. The standard InChI is InChI=1S/C6H5ClN2O3S3/c1-14(10)6-8-5-3(2-4(7)13-5)15(11,12)9-6/h2H,1H3,(H,8,9). The van der Waals surface area contributed by atoms with E-state index in [4.69, 9.17) is 11.6 Å². The highest BCUT2D eigenvalue weighted by Crippen LogP contribution is 2.38. The number of rotatable bonds is 0. The number of halogens is 1. The maximum Gasteiger partial charge on any atom is 0.332 e. The molecular weight excluding hydrogens is 280 g/mol. The van der Waals surface area contributed by atoms with Gasteiger partial charge in [0.2, 0.25) is 0 Å². The van der Waals surface area contributed by atoms with Crippen LogP contribution in [-0.4, -0.2) is 24.4 Å². The van der Waals surface area contributed by atoms with Crippen molar-refractivity contribution in [2.24, 2.45) is 4.40 Å². The van der Waals surface area contributed by atoms with Crippen LogP contribution in [0.15, 0.2) is 15.4 Å². The molecule has 1 unspecified atom stereocenters. The first kappa shape index (κ1) is 11.2. The van der Waals surface area contributed by atoms with Gasteiger partial charge in [0.15, 0.2) is 0 Å². The summed E-state index contributed by atoms with van der Waals surface area (Å²) in [6, 6.07) is 1.32. The van der Waals surface area contributed by atoms with E-state index in [0.29, 0.717) is 9.34 Å². The van der Waals surface area contributed by atoms with Crippen molar-refractivity contribution >= 4 is 54.3 Å². The lowest BCUT2D eigenvalue weighted by Gasteiger charge is -2.13. The molecule has 2 heterocycles. The van der Waals surface area contributed by atoms with Crippen LogP contribution in [0.2, 0.25) is 4.34 Å². The molecule has 1 atom stereocenters. The van der Waals surface area contributed by atoms with E-state index in [1.54, 1.807) is 0 Å². The Balaban J connectivity index is 2.58. The van der Waals surface area contributed by atoms with E-state index in [9.17, 15) is 13.0 Å². The molecule has 0 saturated heterocycles. The minimum Gasteiger partial charge on any atom is -0.609 e. The van der Waals surface area contributed by atoms with Crippen LogP contribution in [0.1, 0.15) is 0 Å². The highest BCUT2D eigenvalue weighted by molar-refractivity contribution is 8.07. The van der Waals surface area contributed by atoms with E-state index in [1.165, 1.54) is 12.3 Å². The molecule has 0 radical (unpaired) electrons. The molecule has 1 N–H and O–H groups in total. The van der Waals surface area contributed by atoms with Gasteiger partial charge in [0, 0.05) is 11.2 Å². The summed E-state index contributed by atoms with van der Waals surface area (Å²) in [5.74, 6) is 0. The smallest absolute Gasteiger partial charge is 0.332 e. The number of nitrogens with one attached hydrogen (secondary N) is 1. The van der Waals surface area contributed by atoms with Crippen LogP contribution in [0, 0.1) is 0 Å². The van der Waals surface area contributed by atoms with Crippen LogP contribution in [-0.2, 0) is 21.2 Å². The molecule has 15 heavy (non-hydrogen) atoms. The summed E-state index contributed by atoms with van der Waals surface area (Å²) in [6.45, 7) is 0. The van der Waals surface area contributed by atoms with Gasteiger partial charge in [-0.25, -0.2) is 0 Å². The van der Waals surface area contributed by atoms with Crippen LogP contribution >= 0.6 is 22.9 Å². The van der Waals surface area contributed by atoms with Gasteiger partial charge in [-0.2, -0.15) is 8.42 Å². The Morgan fingerprint density at radius 2 is 2.33 bits per heavy atom. The van der Waals surface area contributed by atoms with Crippen LogP contribution in [0.5, 0.6) is 0 Å². The Bertz CT molecular complexity index is 534. The van der Waals surface area contributed by atoms with Crippen molar-refractivity contribution in [1.29, 1.82) is 0 Å². The number of amidine groups is 1. The number of hydrogen-bond donors (Lipinski definition) is 1. The van der Waals surface area contributed by atoms with Crippen molar-refractivity contribution in [1.82, 2.24) is 0 Å². The van der Waals surface area contributed by atoms with Gasteiger partial charge in [0.25, 0.3) is 10.0 Å². The lowest BCUT2D eigenvalue weighted by atomic mass is 10.6. The summed E-state index contributed by atoms with van der Waals surface area (Å²) < 4.78 is 38.0. The summed E-state index contributed by atoms with van der Waals surface area (Å²) in [4.78, 5) is 0.0340. The predicted octanol–water partition coefficient (Wildman–Crippen LogP) is 1.25. The molecule has 82 valence electrons. The van der Waals surface area contributed by atoms with E-state index in [0.717, 1.165) is 11.3 Å². The summed E-state index contributed by atoms with van der Waals surface area (Å²) in [5.41, 5.74) is 0. The van der Waals surface area contributed by atoms with Crippen molar-refractivity contribution in [3.63, 3.8) is 0 Å². The molecule has 9 heteroatoms. The number of hydrogen-bond acceptors (Lipinski definition) is 5. The van der Waals surface area contributed by atoms with Crippen molar-refractivity contribution in [3.05, 3.63) is 10.4 Å². The fourth-order valence-electron chi connectivity index (χ4n) is 1.03. The van der Waals surface area contributed by atoms with Crippen LogP contribution in [0.4, 0.5) is 5.00 Å². The zero-order valence-corrected chi connectivity index (χ0v) is 10.6. The third-order valence-electron chi connectivity index (χ3n) is 1.64. The molecule has 1 aliphatic heterocycles. The van der Waals surface area contributed by atoms with Crippen LogP contribution in [0.25, 0.3) is 0 Å². The lowest BCUT2D eigenvalue weighted by Crippen LogP contribution is -2.27. The van der Waals surface area contributed by atoms with Gasteiger partial charge >= 0.3 is 5.17 Å². The largest absolute Gasteiger partial charge is 0.609 e. The number of fused-ring (bicyclic) bond motifs is 1. The van der Waals surface area contributed by atoms with Gasteiger partial charge in [0.05, 0.1) is 4.34 Å². The monoisotopic (exact) mass is 284 g/mol. The van der Waals surface area contributed by atoms with Crippen molar-refractivity contribution in [2.45, 2.75) is 4.90 Å². The average Bonchev–Trinajstić information content (AvgIpc) is 2.45. The average molecular weight is 285 g/mol. The molecule has 5 nitrogen and oxygen atoms in total. The van der Waals surface area contributed by atoms with Crippen LogP contribution in [0.3, 0.4) is 0 Å². The van der Waals surface area contributed by atoms with Crippen molar-refractivity contribution in [3.8, 4) is 0 Å². The molecule has 0 fully saturated rings. The maximum atomic E-state index is 11.6. The third-order valence-corrected chi connectivity index (χ3v) is 5.10. The van der Waals surface area contributed by atoms with Crippen molar-refractivity contribution < 1.29 is 13.0 Å². The maximum absolute atomic E-state index is 11.6. The summed E-state index contributed by atoms with van der Waals surface area (Å²) in [6.07, 6.45) is 1.35. The zero-order chi connectivity index (χ0) is 11.2. The van der Waals surface area contributed by atoms with Gasteiger partial charge in [-0.1, -0.05) is 16.0 Å². The molecule has 0 amide bonds. The number of thiophene rings is 1. The first-order chi connectivity index (χ1) is 6.90. The Hall–Kier alpha value is -0.280. The minimum absolute atomic E-state index is 0.0340. The van der Waals surface area contributed by atoms with Crippen molar-refractivity contribution in [2.75, 3.05) is 11.6 Å². The molecular formula is C6H5ClN2O3S3. The second-order valence-corrected chi connectivity index (χ2v) is 7.25. The first-order valence-electron chi connectivity index (χ1n) is 3.65. The fraction of sp³-hybridized carbons (Fsp3) is 0.167. The number of nitrogens with zero attached hydrogens (tertiary/aromatic N) is 1. The lowest BCUT2D eigenvalue weighted by molar-refractivity contribution is 0.597. The Labute approximate surface area is 98.4 Å². The summed E-state index contributed by atoms with van der Waals surface area (Å²) in [5, 5.41) is 2.97. The van der Waals surface area contributed by atoms with E-state index >= 15 is 0 Å². The Morgan fingerprint density at radius 1 is 1.67 bits per heavy atom. The molecule has 0 spiro atoms. The quantitative estimate of drug-likeness (QED) is 0.727. The van der Waals surface area contributed by atoms with E-state index in [2.05, 4.69) is 9.71 Å². The zero-order valence-electron chi connectivity index (χ0n) is 7.35. The molecule has 0 aliphatic carbocycles. The summed E-state index contributed by atoms with van der Waals surface area (Å²) >= 11 is 5.29. The van der Waals surface area contributed by atoms with Crippen LogP contribution < -0.4 is 5.32 Å². The molecule has 1 aromatic rings. The number of anilines is 1. The van der Waals surface area contributed by atoms with Gasteiger partial charge in [-0.3, -0.25) is 5.32 Å². The number of sulfonamides is 1. The molecule has 2 rings (SSSR count). The van der Waals surface area contributed by atoms with Gasteiger partial charge in [-0.05, 0) is 6.07 Å². The molecule has 0 aromatic carbocycles. The molecule has 1 aromatic heterocycles. The predicted molar refractivity (Wildman–Crippen MR) is 61.6 cm³/mol. The molecule has 0 saturated carbocycles. The summed E-state index contributed by atoms with van der Waals surface area (Å²) in [7, 11) is -3.76. The van der Waals surface area contributed by atoms with Gasteiger partial charge in [-0.15, -0.1) is 11.3 Å². The second-order valence-electron chi connectivity index (χ2n) is 2.69. The molecule has 0 bridgehead atoms. The second kappa shape index (κ2) is 3.63. The Morgan fingerprint density at radius 3 is 2.93 bits per heavy atom. The fourth-order valence-corrected chi connectivity index (χ4v) is 4.57. The topological polar surface area (TPSA) is 81.6 Å². The van der Waals surface area contributed by atoms with Gasteiger partial charge in [0.1, 0.15) is 16.2 Å². The van der Waals surface area contributed by atoms with E-state index in [1.807, 2.05) is 0 Å². The van der Waals surface area contributed by atoms with E-state index in [-0.39, 0.29) is 10.1 Å². The Kier molecular flexibility index (Phi) is 2.72. The highest BCUT2D eigenvalue weighted by atomic mass is 35.5. The SMILES string of the molecule is C[S+]([O-])C1=NS(=O)(=O)c2cc(Cl)sc2N1. The first-order valence-corrected chi connectivity index (χ1v) is 7.84. The third kappa shape index (κ3) is 2.00.